The first kappa shape index (κ1) is 15.7. The van der Waals surface area contributed by atoms with Crippen LogP contribution in [0.15, 0.2) is 57.4 Å². The van der Waals surface area contributed by atoms with Crippen molar-refractivity contribution in [3.8, 4) is 17.2 Å². The molecular formula is C19H12BrNO4. The number of carbonyl (C=O) groups is 1. The van der Waals surface area contributed by atoms with Gasteiger partial charge in [-0.15, -0.1) is 0 Å². The second-order valence-corrected chi connectivity index (χ2v) is 6.36. The monoisotopic (exact) mass is 397 g/mol. The van der Waals surface area contributed by atoms with Crippen LogP contribution in [0.2, 0.25) is 0 Å². The van der Waals surface area contributed by atoms with Gasteiger partial charge in [-0.05, 0) is 52.3 Å². The molecule has 0 atom stereocenters. The number of furan rings is 1. The molecule has 0 aliphatic carbocycles. The minimum absolute atomic E-state index is 0.180. The van der Waals surface area contributed by atoms with Crippen molar-refractivity contribution in [1.29, 1.82) is 0 Å². The minimum Gasteiger partial charge on any atom is -0.497 e. The van der Waals surface area contributed by atoms with Crippen LogP contribution in [0.4, 0.5) is 0 Å². The summed E-state index contributed by atoms with van der Waals surface area (Å²) in [5.41, 5.74) is 1.91. The van der Waals surface area contributed by atoms with Gasteiger partial charge in [0.2, 0.25) is 0 Å². The lowest BCUT2D eigenvalue weighted by Crippen LogP contribution is -2.00. The van der Waals surface area contributed by atoms with Gasteiger partial charge in [-0.1, -0.05) is 12.1 Å². The molecule has 4 rings (SSSR count). The van der Waals surface area contributed by atoms with Gasteiger partial charge in [0, 0.05) is 15.2 Å². The number of methoxy groups -OCH3 is 1. The standard InChI is InChI=1S/C19H12BrNO4/c1-24-11-5-6-16-10(7-11)8-17(25-16)15-9-13(19(22)23)12-3-2-4-14(20)18(12)21-15/h2-9H,1H3,(H,22,23). The zero-order valence-electron chi connectivity index (χ0n) is 13.1. The third-order valence-electron chi connectivity index (χ3n) is 4.00. The quantitative estimate of drug-likeness (QED) is 0.519. The molecule has 0 saturated heterocycles. The van der Waals surface area contributed by atoms with E-state index in [2.05, 4.69) is 20.9 Å². The molecule has 0 aliphatic heterocycles. The van der Waals surface area contributed by atoms with Gasteiger partial charge in [0.05, 0.1) is 18.2 Å². The van der Waals surface area contributed by atoms with Gasteiger partial charge in [0.25, 0.3) is 0 Å². The van der Waals surface area contributed by atoms with Crippen LogP contribution in [0.25, 0.3) is 33.3 Å². The Bertz CT molecular complexity index is 1130. The lowest BCUT2D eigenvalue weighted by Gasteiger charge is -2.06. The van der Waals surface area contributed by atoms with Gasteiger partial charge in [-0.2, -0.15) is 0 Å². The Hall–Kier alpha value is -2.86. The van der Waals surface area contributed by atoms with E-state index in [1.807, 2.05) is 30.3 Å². The van der Waals surface area contributed by atoms with E-state index in [0.717, 1.165) is 15.6 Å². The summed E-state index contributed by atoms with van der Waals surface area (Å²) < 4.78 is 11.8. The molecule has 124 valence electrons. The van der Waals surface area contributed by atoms with Gasteiger partial charge in [-0.3, -0.25) is 0 Å². The maximum atomic E-state index is 11.7. The molecule has 4 aromatic rings. The van der Waals surface area contributed by atoms with Crippen molar-refractivity contribution in [2.24, 2.45) is 0 Å². The molecule has 1 N–H and O–H groups in total. The molecule has 25 heavy (non-hydrogen) atoms. The molecular weight excluding hydrogens is 386 g/mol. The fraction of sp³-hybridized carbons (Fsp3) is 0.0526. The third-order valence-corrected chi connectivity index (χ3v) is 4.64. The highest BCUT2D eigenvalue weighted by atomic mass is 79.9. The predicted molar refractivity (Wildman–Crippen MR) is 98.2 cm³/mol. The number of nitrogens with zero attached hydrogens (tertiary/aromatic N) is 1. The fourth-order valence-corrected chi connectivity index (χ4v) is 3.25. The molecule has 0 spiro atoms. The van der Waals surface area contributed by atoms with E-state index in [9.17, 15) is 9.90 Å². The SMILES string of the molecule is COc1ccc2oc(-c3cc(C(=O)O)c4cccc(Br)c4n3)cc2c1. The molecule has 6 heteroatoms. The summed E-state index contributed by atoms with van der Waals surface area (Å²) in [6.07, 6.45) is 0. The largest absolute Gasteiger partial charge is 0.497 e. The van der Waals surface area contributed by atoms with Crippen LogP contribution in [0.5, 0.6) is 5.75 Å². The number of carboxylic acid groups (broad SMARTS) is 1. The van der Waals surface area contributed by atoms with Crippen molar-refractivity contribution >= 4 is 43.8 Å². The Morgan fingerprint density at radius 1 is 1.20 bits per heavy atom. The highest BCUT2D eigenvalue weighted by Gasteiger charge is 2.16. The van der Waals surface area contributed by atoms with E-state index < -0.39 is 5.97 Å². The number of ether oxygens (including phenoxy) is 1. The van der Waals surface area contributed by atoms with Gasteiger partial charge in [0.1, 0.15) is 17.0 Å². The van der Waals surface area contributed by atoms with Crippen molar-refractivity contribution in [3.05, 3.63) is 58.6 Å². The maximum absolute atomic E-state index is 11.7. The summed E-state index contributed by atoms with van der Waals surface area (Å²) in [7, 11) is 1.60. The number of aromatic nitrogens is 1. The summed E-state index contributed by atoms with van der Waals surface area (Å²) in [4.78, 5) is 16.3. The van der Waals surface area contributed by atoms with Crippen LogP contribution < -0.4 is 4.74 Å². The molecule has 0 fully saturated rings. The predicted octanol–water partition coefficient (Wildman–Crippen LogP) is 5.12. The molecule has 0 unspecified atom stereocenters. The van der Waals surface area contributed by atoms with Crippen LogP contribution >= 0.6 is 15.9 Å². The van der Waals surface area contributed by atoms with E-state index in [-0.39, 0.29) is 5.56 Å². The first-order valence-electron chi connectivity index (χ1n) is 7.47. The molecule has 0 radical (unpaired) electrons. The first-order valence-corrected chi connectivity index (χ1v) is 8.26. The van der Waals surface area contributed by atoms with Crippen molar-refractivity contribution in [1.82, 2.24) is 4.98 Å². The molecule has 0 amide bonds. The number of benzene rings is 2. The highest BCUT2D eigenvalue weighted by Crippen LogP contribution is 2.33. The van der Waals surface area contributed by atoms with Gasteiger partial charge in [-0.25, -0.2) is 9.78 Å². The van der Waals surface area contributed by atoms with Crippen molar-refractivity contribution < 1.29 is 19.1 Å². The van der Waals surface area contributed by atoms with Crippen LogP contribution in [0.1, 0.15) is 10.4 Å². The summed E-state index contributed by atoms with van der Waals surface area (Å²) in [6, 6.07) is 14.2. The number of rotatable bonds is 3. The van der Waals surface area contributed by atoms with Crippen molar-refractivity contribution in [2.45, 2.75) is 0 Å². The zero-order chi connectivity index (χ0) is 17.6. The van der Waals surface area contributed by atoms with Gasteiger partial charge in [0.15, 0.2) is 5.76 Å². The fourth-order valence-electron chi connectivity index (χ4n) is 2.79. The summed E-state index contributed by atoms with van der Waals surface area (Å²) in [5, 5.41) is 11.0. The van der Waals surface area contributed by atoms with Crippen molar-refractivity contribution in [3.63, 3.8) is 0 Å². The van der Waals surface area contributed by atoms with Crippen LogP contribution in [0.3, 0.4) is 0 Å². The summed E-state index contributed by atoms with van der Waals surface area (Å²) >= 11 is 3.44. The summed E-state index contributed by atoms with van der Waals surface area (Å²) in [5.74, 6) is 0.216. The van der Waals surface area contributed by atoms with Crippen molar-refractivity contribution in [2.75, 3.05) is 7.11 Å². The van der Waals surface area contributed by atoms with E-state index in [0.29, 0.717) is 27.9 Å². The Kier molecular flexibility index (Phi) is 3.69. The van der Waals surface area contributed by atoms with Crippen LogP contribution in [-0.4, -0.2) is 23.2 Å². The highest BCUT2D eigenvalue weighted by molar-refractivity contribution is 9.10. The van der Waals surface area contributed by atoms with E-state index in [4.69, 9.17) is 9.15 Å². The van der Waals surface area contributed by atoms with E-state index >= 15 is 0 Å². The average Bonchev–Trinajstić information content (AvgIpc) is 3.04. The second kappa shape index (κ2) is 5.89. The zero-order valence-corrected chi connectivity index (χ0v) is 14.7. The number of carboxylic acids is 1. The molecule has 2 aromatic heterocycles. The third kappa shape index (κ3) is 2.64. The van der Waals surface area contributed by atoms with E-state index in [1.165, 1.54) is 6.07 Å². The smallest absolute Gasteiger partial charge is 0.336 e. The van der Waals surface area contributed by atoms with Crippen LogP contribution in [-0.2, 0) is 0 Å². The first-order chi connectivity index (χ1) is 12.1. The number of hydrogen-bond acceptors (Lipinski definition) is 4. The Balaban J connectivity index is 1.97. The Morgan fingerprint density at radius 2 is 2.04 bits per heavy atom. The lowest BCUT2D eigenvalue weighted by atomic mass is 10.1. The molecule has 0 bridgehead atoms. The molecule has 2 heterocycles. The lowest BCUT2D eigenvalue weighted by molar-refractivity contribution is 0.0699. The summed E-state index contributed by atoms with van der Waals surface area (Å²) in [6.45, 7) is 0. The number of aromatic carboxylic acids is 1. The molecule has 0 aliphatic rings. The number of pyridine rings is 1. The minimum atomic E-state index is -1.01. The maximum Gasteiger partial charge on any atom is 0.336 e. The number of hydrogen-bond donors (Lipinski definition) is 1. The average molecular weight is 398 g/mol. The number of halogens is 1. The normalized spacial score (nSPS) is 11.1. The molecule has 0 saturated carbocycles. The Morgan fingerprint density at radius 3 is 2.80 bits per heavy atom. The molecule has 5 nitrogen and oxygen atoms in total. The topological polar surface area (TPSA) is 72.6 Å². The Labute approximate surface area is 151 Å². The second-order valence-electron chi connectivity index (χ2n) is 5.51. The molecule has 2 aromatic carbocycles. The van der Waals surface area contributed by atoms with Gasteiger partial charge >= 0.3 is 5.97 Å². The number of para-hydroxylation sites is 1. The van der Waals surface area contributed by atoms with Crippen LogP contribution in [0, 0.1) is 0 Å². The van der Waals surface area contributed by atoms with Gasteiger partial charge < -0.3 is 14.3 Å². The number of fused-ring (bicyclic) bond motifs is 2. The van der Waals surface area contributed by atoms with E-state index in [1.54, 1.807) is 19.2 Å².